The van der Waals surface area contributed by atoms with E-state index in [0.29, 0.717) is 29.9 Å². The molecule has 2 fully saturated rings. The van der Waals surface area contributed by atoms with Crippen LogP contribution in [0.25, 0.3) is 0 Å². The van der Waals surface area contributed by atoms with Gasteiger partial charge in [-0.05, 0) is 54.7 Å². The predicted molar refractivity (Wildman–Crippen MR) is 159 cm³/mol. The summed E-state index contributed by atoms with van der Waals surface area (Å²) in [6, 6.07) is 23.7. The number of carbonyl (C=O) groups is 4. The largest absolute Gasteiger partial charge is 0.310 e. The molecule has 41 heavy (non-hydrogen) atoms. The summed E-state index contributed by atoms with van der Waals surface area (Å²) >= 11 is 1.66. The van der Waals surface area contributed by atoms with Gasteiger partial charge in [0.2, 0.25) is 17.7 Å². The molecule has 3 aromatic carbocycles. The summed E-state index contributed by atoms with van der Waals surface area (Å²) < 4.78 is 0. The zero-order valence-corrected chi connectivity index (χ0v) is 23.5. The molecule has 2 saturated heterocycles. The Morgan fingerprint density at radius 3 is 2.41 bits per heavy atom. The Labute approximate surface area is 242 Å². The SMILES string of the molecule is CSCC[C@@H]1N[C@]2(C(=O)N(CC(=O)N3CCc4ccccc43)c3ccccc32)[C@@H]2C(=O)N(c3ccccc3)C(=O)[C@@H]12. The number of amides is 4. The number of anilines is 3. The first-order chi connectivity index (χ1) is 20.0. The molecular formula is C32H30N4O4S. The molecule has 9 heteroatoms. The summed E-state index contributed by atoms with van der Waals surface area (Å²) in [6.45, 7) is 0.413. The maximum absolute atomic E-state index is 14.6. The highest BCUT2D eigenvalue weighted by Crippen LogP contribution is 2.55. The number of hydrogen-bond acceptors (Lipinski definition) is 6. The van der Waals surface area contributed by atoms with E-state index in [1.165, 1.54) is 9.80 Å². The molecule has 208 valence electrons. The number of rotatable bonds is 6. The zero-order valence-electron chi connectivity index (χ0n) is 22.7. The van der Waals surface area contributed by atoms with Gasteiger partial charge in [-0.25, -0.2) is 4.90 Å². The minimum absolute atomic E-state index is 0.148. The third kappa shape index (κ3) is 3.72. The first-order valence-corrected chi connectivity index (χ1v) is 15.4. The average Bonchev–Trinajstić information content (AvgIpc) is 3.71. The fourth-order valence-electron chi connectivity index (χ4n) is 7.25. The zero-order chi connectivity index (χ0) is 28.3. The summed E-state index contributed by atoms with van der Waals surface area (Å²) in [7, 11) is 0. The Kier molecular flexibility index (Phi) is 6.24. The van der Waals surface area contributed by atoms with Crippen molar-refractivity contribution in [3.63, 3.8) is 0 Å². The van der Waals surface area contributed by atoms with Gasteiger partial charge in [-0.1, -0.05) is 54.6 Å². The van der Waals surface area contributed by atoms with Crippen LogP contribution in [0.1, 0.15) is 17.5 Å². The molecule has 4 aliphatic rings. The van der Waals surface area contributed by atoms with Crippen LogP contribution < -0.4 is 20.0 Å². The fraction of sp³-hybridized carbons (Fsp3) is 0.312. The Bertz CT molecular complexity index is 1580. The van der Waals surface area contributed by atoms with E-state index in [2.05, 4.69) is 5.32 Å². The van der Waals surface area contributed by atoms with Gasteiger partial charge in [0.1, 0.15) is 12.1 Å². The van der Waals surface area contributed by atoms with Crippen LogP contribution in [-0.4, -0.2) is 54.8 Å². The van der Waals surface area contributed by atoms with Crippen molar-refractivity contribution in [2.45, 2.75) is 24.4 Å². The fourth-order valence-corrected chi connectivity index (χ4v) is 7.74. The van der Waals surface area contributed by atoms with E-state index in [9.17, 15) is 19.2 Å². The lowest BCUT2D eigenvalue weighted by Gasteiger charge is -2.31. The first-order valence-electron chi connectivity index (χ1n) is 14.0. The van der Waals surface area contributed by atoms with Gasteiger partial charge in [0, 0.05) is 29.5 Å². The highest BCUT2D eigenvalue weighted by molar-refractivity contribution is 7.98. The minimum Gasteiger partial charge on any atom is -0.310 e. The van der Waals surface area contributed by atoms with Crippen molar-refractivity contribution in [1.29, 1.82) is 0 Å². The number of para-hydroxylation sites is 3. The summed E-state index contributed by atoms with van der Waals surface area (Å²) in [5.41, 5.74) is 2.32. The summed E-state index contributed by atoms with van der Waals surface area (Å²) in [6.07, 6.45) is 3.40. The number of nitrogens with one attached hydrogen (secondary N) is 1. The molecule has 8 nitrogen and oxygen atoms in total. The molecular weight excluding hydrogens is 536 g/mol. The Morgan fingerprint density at radius 2 is 1.63 bits per heavy atom. The molecule has 0 saturated carbocycles. The molecule has 3 aromatic rings. The van der Waals surface area contributed by atoms with E-state index in [1.807, 2.05) is 60.9 Å². The quantitative estimate of drug-likeness (QED) is 0.461. The molecule has 0 unspecified atom stereocenters. The number of carbonyl (C=O) groups excluding carboxylic acids is 4. The second-order valence-corrected chi connectivity index (χ2v) is 12.0. The maximum Gasteiger partial charge on any atom is 0.253 e. The Hall–Kier alpha value is -3.95. The number of thioether (sulfide) groups is 1. The highest BCUT2D eigenvalue weighted by atomic mass is 32.2. The molecule has 7 rings (SSSR count). The number of fused-ring (bicyclic) bond motifs is 5. The van der Waals surface area contributed by atoms with Gasteiger partial charge < -0.3 is 9.80 Å². The lowest BCUT2D eigenvalue weighted by atomic mass is 9.76. The van der Waals surface area contributed by atoms with E-state index in [-0.39, 0.29) is 36.2 Å². The van der Waals surface area contributed by atoms with Crippen LogP contribution in [0, 0.1) is 11.8 Å². The number of imide groups is 1. The van der Waals surface area contributed by atoms with Gasteiger partial charge in [0.05, 0.1) is 17.5 Å². The van der Waals surface area contributed by atoms with Crippen LogP contribution in [0.2, 0.25) is 0 Å². The Balaban J connectivity index is 1.29. The van der Waals surface area contributed by atoms with Crippen molar-refractivity contribution in [3.8, 4) is 0 Å². The monoisotopic (exact) mass is 566 g/mol. The van der Waals surface area contributed by atoms with Gasteiger partial charge in [-0.3, -0.25) is 24.5 Å². The molecule has 0 bridgehead atoms. The number of benzene rings is 3. The normalized spacial score (nSPS) is 26.2. The molecule has 4 atom stereocenters. The first kappa shape index (κ1) is 26.0. The smallest absolute Gasteiger partial charge is 0.253 e. The molecule has 0 radical (unpaired) electrons. The summed E-state index contributed by atoms with van der Waals surface area (Å²) in [5, 5.41) is 3.53. The lowest BCUT2D eigenvalue weighted by molar-refractivity contribution is -0.132. The lowest BCUT2D eigenvalue weighted by Crippen LogP contribution is -2.56. The van der Waals surface area contributed by atoms with E-state index >= 15 is 0 Å². The molecule has 4 heterocycles. The average molecular weight is 567 g/mol. The van der Waals surface area contributed by atoms with Crippen molar-refractivity contribution in [2.24, 2.45) is 11.8 Å². The van der Waals surface area contributed by atoms with E-state index in [4.69, 9.17) is 0 Å². The van der Waals surface area contributed by atoms with Crippen molar-refractivity contribution >= 4 is 52.5 Å². The van der Waals surface area contributed by atoms with Gasteiger partial charge >= 0.3 is 0 Å². The van der Waals surface area contributed by atoms with Crippen LogP contribution in [0.15, 0.2) is 78.9 Å². The summed E-state index contributed by atoms with van der Waals surface area (Å²) in [5.74, 6) is -2.02. The third-order valence-corrected chi connectivity index (χ3v) is 9.64. The second-order valence-electron chi connectivity index (χ2n) is 11.0. The van der Waals surface area contributed by atoms with Crippen molar-refractivity contribution in [3.05, 3.63) is 90.0 Å². The van der Waals surface area contributed by atoms with Gasteiger partial charge in [-0.2, -0.15) is 11.8 Å². The van der Waals surface area contributed by atoms with E-state index in [1.54, 1.807) is 40.9 Å². The number of nitrogens with zero attached hydrogens (tertiary/aromatic N) is 3. The van der Waals surface area contributed by atoms with Gasteiger partial charge in [0.25, 0.3) is 5.91 Å². The molecule has 0 aromatic heterocycles. The van der Waals surface area contributed by atoms with Crippen molar-refractivity contribution in [2.75, 3.05) is 39.8 Å². The Morgan fingerprint density at radius 1 is 0.927 bits per heavy atom. The van der Waals surface area contributed by atoms with Crippen molar-refractivity contribution in [1.82, 2.24) is 5.32 Å². The van der Waals surface area contributed by atoms with Crippen LogP contribution >= 0.6 is 11.8 Å². The molecule has 1 N–H and O–H groups in total. The van der Waals surface area contributed by atoms with Crippen LogP contribution in [0.3, 0.4) is 0 Å². The molecule has 4 amide bonds. The number of hydrogen-bond donors (Lipinski definition) is 1. The standard InChI is InChI=1S/C32H30N4O4S/c1-41-18-16-23-27-28(30(39)36(29(27)38)21-10-3-2-4-11-21)32(33-23)22-12-6-8-14-25(22)35(31(32)40)19-26(37)34-17-15-20-9-5-7-13-24(20)34/h2-14,23,27-28,33H,15-19H2,1H3/t23-,27-,28-,32-/m0/s1. The van der Waals surface area contributed by atoms with Gasteiger partial charge in [-0.15, -0.1) is 0 Å². The predicted octanol–water partition coefficient (Wildman–Crippen LogP) is 3.35. The molecule has 4 aliphatic heterocycles. The van der Waals surface area contributed by atoms with Crippen LogP contribution in [0.4, 0.5) is 17.1 Å². The van der Waals surface area contributed by atoms with Crippen molar-refractivity contribution < 1.29 is 19.2 Å². The van der Waals surface area contributed by atoms with E-state index in [0.717, 1.165) is 23.4 Å². The topological polar surface area (TPSA) is 90.0 Å². The summed E-state index contributed by atoms with van der Waals surface area (Å²) in [4.78, 5) is 61.0. The minimum atomic E-state index is -1.43. The molecule has 0 aliphatic carbocycles. The molecule has 1 spiro atoms. The van der Waals surface area contributed by atoms with E-state index < -0.39 is 17.4 Å². The maximum atomic E-state index is 14.6. The van der Waals surface area contributed by atoms with Crippen LogP contribution in [0.5, 0.6) is 0 Å². The highest BCUT2D eigenvalue weighted by Gasteiger charge is 2.71. The second kappa shape index (κ2) is 9.85. The van der Waals surface area contributed by atoms with Crippen LogP contribution in [-0.2, 0) is 31.1 Å². The van der Waals surface area contributed by atoms with Gasteiger partial charge in [0.15, 0.2) is 0 Å². The third-order valence-electron chi connectivity index (χ3n) is 9.00.